The highest BCUT2D eigenvalue weighted by Gasteiger charge is 2.03. The second-order valence-electron chi connectivity index (χ2n) is 2.82. The summed E-state index contributed by atoms with van der Waals surface area (Å²) >= 11 is 0. The fourth-order valence-corrected chi connectivity index (χ4v) is 1.17. The number of rotatable bonds is 2. The van der Waals surface area contributed by atoms with Gasteiger partial charge in [0.1, 0.15) is 17.3 Å². The number of amidine groups is 1. The molecule has 0 aliphatic rings. The van der Waals surface area contributed by atoms with Crippen molar-refractivity contribution in [2.24, 2.45) is 5.73 Å². The Balaban J connectivity index is 2.46. The Labute approximate surface area is 80.9 Å². The highest BCUT2D eigenvalue weighted by Crippen LogP contribution is 2.19. The van der Waals surface area contributed by atoms with Gasteiger partial charge in [0.05, 0.1) is 6.26 Å². The molecule has 70 valence electrons. The van der Waals surface area contributed by atoms with E-state index in [0.29, 0.717) is 5.69 Å². The largest absolute Gasteiger partial charge is 0.464 e. The van der Waals surface area contributed by atoms with E-state index in [1.54, 1.807) is 18.5 Å². The van der Waals surface area contributed by atoms with E-state index in [1.165, 1.54) is 0 Å². The Bertz CT molecular complexity index is 448. The molecule has 0 aromatic carbocycles. The Hall–Kier alpha value is -2.10. The molecular formula is C10H9N3O. The van der Waals surface area contributed by atoms with Crippen molar-refractivity contribution in [3.63, 3.8) is 0 Å². The summed E-state index contributed by atoms with van der Waals surface area (Å²) in [5.74, 6) is 0.702. The summed E-state index contributed by atoms with van der Waals surface area (Å²) in [6.07, 6.45) is 3.21. The van der Waals surface area contributed by atoms with Gasteiger partial charge >= 0.3 is 0 Å². The van der Waals surface area contributed by atoms with Crippen LogP contribution in [0.25, 0.3) is 11.3 Å². The van der Waals surface area contributed by atoms with Crippen molar-refractivity contribution in [3.8, 4) is 11.3 Å². The first-order valence-electron chi connectivity index (χ1n) is 4.12. The van der Waals surface area contributed by atoms with Crippen LogP contribution in [0.15, 0.2) is 41.1 Å². The topological polar surface area (TPSA) is 75.9 Å². The SMILES string of the molecule is N=C(N)c1cc(-c2ccco2)ccn1. The molecule has 0 fully saturated rings. The highest BCUT2D eigenvalue weighted by molar-refractivity contribution is 5.93. The lowest BCUT2D eigenvalue weighted by atomic mass is 10.2. The number of pyridine rings is 1. The molecule has 0 spiro atoms. The second kappa shape index (κ2) is 3.33. The number of hydrogen-bond donors (Lipinski definition) is 2. The van der Waals surface area contributed by atoms with E-state index >= 15 is 0 Å². The van der Waals surface area contributed by atoms with E-state index in [1.807, 2.05) is 18.2 Å². The van der Waals surface area contributed by atoms with E-state index in [-0.39, 0.29) is 5.84 Å². The maximum atomic E-state index is 7.24. The first-order valence-corrected chi connectivity index (χ1v) is 4.12. The van der Waals surface area contributed by atoms with Crippen molar-refractivity contribution in [2.45, 2.75) is 0 Å². The van der Waals surface area contributed by atoms with Crippen LogP contribution in [0.3, 0.4) is 0 Å². The summed E-state index contributed by atoms with van der Waals surface area (Å²) in [5.41, 5.74) is 6.65. The molecular weight excluding hydrogens is 178 g/mol. The minimum atomic E-state index is -0.0431. The third-order valence-corrected chi connectivity index (χ3v) is 1.84. The molecule has 0 radical (unpaired) electrons. The number of aromatic nitrogens is 1. The average molecular weight is 187 g/mol. The third-order valence-electron chi connectivity index (χ3n) is 1.84. The molecule has 2 rings (SSSR count). The smallest absolute Gasteiger partial charge is 0.141 e. The van der Waals surface area contributed by atoms with E-state index in [9.17, 15) is 0 Å². The van der Waals surface area contributed by atoms with Gasteiger partial charge in [-0.3, -0.25) is 10.4 Å². The van der Waals surface area contributed by atoms with Crippen molar-refractivity contribution in [2.75, 3.05) is 0 Å². The van der Waals surface area contributed by atoms with Gasteiger partial charge in [-0.15, -0.1) is 0 Å². The van der Waals surface area contributed by atoms with Crippen molar-refractivity contribution < 1.29 is 4.42 Å². The Morgan fingerprint density at radius 3 is 2.93 bits per heavy atom. The Kier molecular flexibility index (Phi) is 2.02. The maximum absolute atomic E-state index is 7.24. The highest BCUT2D eigenvalue weighted by atomic mass is 16.3. The number of furan rings is 1. The van der Waals surface area contributed by atoms with Crippen LogP contribution in [-0.4, -0.2) is 10.8 Å². The zero-order valence-corrected chi connectivity index (χ0v) is 7.40. The monoisotopic (exact) mass is 187 g/mol. The molecule has 0 aliphatic carbocycles. The molecule has 4 heteroatoms. The van der Waals surface area contributed by atoms with Gasteiger partial charge in [0, 0.05) is 11.8 Å². The average Bonchev–Trinajstić information content (AvgIpc) is 2.71. The van der Waals surface area contributed by atoms with Gasteiger partial charge in [-0.05, 0) is 24.3 Å². The van der Waals surface area contributed by atoms with Gasteiger partial charge in [-0.2, -0.15) is 0 Å². The lowest BCUT2D eigenvalue weighted by Gasteiger charge is -1.99. The van der Waals surface area contributed by atoms with Crippen LogP contribution < -0.4 is 5.73 Å². The first kappa shape index (κ1) is 8.50. The van der Waals surface area contributed by atoms with E-state index in [2.05, 4.69) is 4.98 Å². The van der Waals surface area contributed by atoms with Gasteiger partial charge in [0.25, 0.3) is 0 Å². The molecule has 0 amide bonds. The van der Waals surface area contributed by atoms with Crippen molar-refractivity contribution >= 4 is 5.84 Å². The number of hydrogen-bond acceptors (Lipinski definition) is 3. The summed E-state index contributed by atoms with van der Waals surface area (Å²) in [6, 6.07) is 7.19. The van der Waals surface area contributed by atoms with Crippen molar-refractivity contribution in [3.05, 3.63) is 42.4 Å². The summed E-state index contributed by atoms with van der Waals surface area (Å²) in [6.45, 7) is 0. The Morgan fingerprint density at radius 1 is 1.43 bits per heavy atom. The molecule has 0 aliphatic heterocycles. The number of nitrogen functional groups attached to an aromatic ring is 1. The molecule has 2 aromatic rings. The fraction of sp³-hybridized carbons (Fsp3) is 0. The third kappa shape index (κ3) is 1.50. The standard InChI is InChI=1S/C10H9N3O/c11-10(12)8-6-7(3-4-13-8)9-2-1-5-14-9/h1-6H,(H3,11,12). The summed E-state index contributed by atoms with van der Waals surface area (Å²) in [4.78, 5) is 3.96. The Morgan fingerprint density at radius 2 is 2.29 bits per heavy atom. The molecule has 2 heterocycles. The van der Waals surface area contributed by atoms with Crippen LogP contribution in [0, 0.1) is 5.41 Å². The fourth-order valence-electron chi connectivity index (χ4n) is 1.17. The van der Waals surface area contributed by atoms with Crippen molar-refractivity contribution in [1.29, 1.82) is 5.41 Å². The van der Waals surface area contributed by atoms with E-state index < -0.39 is 0 Å². The molecule has 14 heavy (non-hydrogen) atoms. The number of nitrogens with two attached hydrogens (primary N) is 1. The summed E-state index contributed by atoms with van der Waals surface area (Å²) < 4.78 is 5.22. The summed E-state index contributed by atoms with van der Waals surface area (Å²) in [5, 5.41) is 7.24. The predicted molar refractivity (Wildman–Crippen MR) is 53.0 cm³/mol. The van der Waals surface area contributed by atoms with Gasteiger partial charge in [0.15, 0.2) is 0 Å². The second-order valence-corrected chi connectivity index (χ2v) is 2.82. The van der Waals surface area contributed by atoms with Gasteiger partial charge in [0.2, 0.25) is 0 Å². The molecule has 2 aromatic heterocycles. The van der Waals surface area contributed by atoms with E-state index in [4.69, 9.17) is 15.6 Å². The lowest BCUT2D eigenvalue weighted by Crippen LogP contribution is -2.12. The molecule has 0 saturated heterocycles. The minimum absolute atomic E-state index is 0.0431. The zero-order valence-electron chi connectivity index (χ0n) is 7.40. The van der Waals surface area contributed by atoms with Crippen LogP contribution in [0.2, 0.25) is 0 Å². The first-order chi connectivity index (χ1) is 6.77. The van der Waals surface area contributed by atoms with Crippen LogP contribution in [0.1, 0.15) is 5.69 Å². The predicted octanol–water partition coefficient (Wildman–Crippen LogP) is 1.63. The van der Waals surface area contributed by atoms with Crippen LogP contribution in [-0.2, 0) is 0 Å². The van der Waals surface area contributed by atoms with Gasteiger partial charge in [-0.25, -0.2) is 0 Å². The number of nitrogens with one attached hydrogen (secondary N) is 1. The molecule has 0 atom stereocenters. The van der Waals surface area contributed by atoms with Crippen LogP contribution in [0.4, 0.5) is 0 Å². The van der Waals surface area contributed by atoms with Crippen LogP contribution in [0.5, 0.6) is 0 Å². The quantitative estimate of drug-likeness (QED) is 0.554. The number of nitrogens with zero attached hydrogens (tertiary/aromatic N) is 1. The minimum Gasteiger partial charge on any atom is -0.464 e. The summed E-state index contributed by atoms with van der Waals surface area (Å²) in [7, 11) is 0. The van der Waals surface area contributed by atoms with Crippen LogP contribution >= 0.6 is 0 Å². The van der Waals surface area contributed by atoms with Gasteiger partial charge in [-0.1, -0.05) is 0 Å². The molecule has 0 bridgehead atoms. The van der Waals surface area contributed by atoms with Crippen molar-refractivity contribution in [1.82, 2.24) is 4.98 Å². The van der Waals surface area contributed by atoms with E-state index in [0.717, 1.165) is 11.3 Å². The lowest BCUT2D eigenvalue weighted by molar-refractivity contribution is 0.582. The maximum Gasteiger partial charge on any atom is 0.141 e. The van der Waals surface area contributed by atoms with Gasteiger partial charge < -0.3 is 10.2 Å². The normalized spacial score (nSPS) is 10.0. The zero-order chi connectivity index (χ0) is 9.97. The molecule has 4 nitrogen and oxygen atoms in total. The molecule has 0 unspecified atom stereocenters. The molecule has 3 N–H and O–H groups in total. The molecule has 0 saturated carbocycles.